The van der Waals surface area contributed by atoms with Gasteiger partial charge in [0.15, 0.2) is 5.69 Å². The number of nitrogens with one attached hydrogen (secondary N) is 1. The molecule has 0 radical (unpaired) electrons. The van der Waals surface area contributed by atoms with Crippen LogP contribution in [0.25, 0.3) is 17.3 Å². The standard InChI is InChI=1S/C32H35ClFN5O3/c1-32(2,3)42-31(41)37-16-23(15-20-7-11-25(34)12-8-20)29-27(19-37)28(35-39(29)26-13-9-24(33)10-14-26)30(40)36-38-17-21-5-4-6-22(21)18-38/h7-15,21-22H,4-6,16-19H2,1-3H3,(H,36,40). The molecule has 1 N–H and O–H groups in total. The molecule has 2 atom stereocenters. The van der Waals surface area contributed by atoms with Crippen molar-refractivity contribution in [3.05, 3.63) is 81.9 Å². The zero-order valence-electron chi connectivity index (χ0n) is 24.1. The Morgan fingerprint density at radius 3 is 2.33 bits per heavy atom. The quantitative estimate of drug-likeness (QED) is 0.383. The summed E-state index contributed by atoms with van der Waals surface area (Å²) in [6.07, 6.45) is 5.04. The molecule has 6 rings (SSSR count). The van der Waals surface area contributed by atoms with Gasteiger partial charge in [-0.25, -0.2) is 18.9 Å². The fraction of sp³-hybridized carbons (Fsp3) is 0.406. The molecule has 1 aliphatic carbocycles. The molecule has 8 nitrogen and oxygen atoms in total. The first-order valence-electron chi connectivity index (χ1n) is 14.4. The Labute approximate surface area is 250 Å². The lowest BCUT2D eigenvalue weighted by molar-refractivity contribution is 0.0253. The summed E-state index contributed by atoms with van der Waals surface area (Å²) >= 11 is 6.19. The third-order valence-corrected chi connectivity index (χ3v) is 8.38. The Morgan fingerprint density at radius 1 is 1.02 bits per heavy atom. The molecule has 220 valence electrons. The number of aromatic nitrogens is 2. The highest BCUT2D eigenvalue weighted by atomic mass is 35.5. The van der Waals surface area contributed by atoms with Crippen molar-refractivity contribution in [2.24, 2.45) is 11.8 Å². The van der Waals surface area contributed by atoms with E-state index in [1.807, 2.05) is 44.0 Å². The van der Waals surface area contributed by atoms with Crippen molar-refractivity contribution in [3.8, 4) is 5.69 Å². The van der Waals surface area contributed by atoms with Gasteiger partial charge in [0.2, 0.25) is 0 Å². The van der Waals surface area contributed by atoms with Crippen LogP contribution in [0.4, 0.5) is 9.18 Å². The molecule has 2 unspecified atom stereocenters. The minimum Gasteiger partial charge on any atom is -0.444 e. The summed E-state index contributed by atoms with van der Waals surface area (Å²) < 4.78 is 21.2. The van der Waals surface area contributed by atoms with Crippen LogP contribution in [0.3, 0.4) is 0 Å². The first-order chi connectivity index (χ1) is 20.0. The average molecular weight is 592 g/mol. The zero-order valence-corrected chi connectivity index (χ0v) is 24.8. The molecule has 0 bridgehead atoms. The van der Waals surface area contributed by atoms with Crippen molar-refractivity contribution in [2.75, 3.05) is 19.6 Å². The van der Waals surface area contributed by atoms with Crippen LogP contribution in [0.15, 0.2) is 48.5 Å². The first kappa shape index (κ1) is 28.4. The molecular weight excluding hydrogens is 557 g/mol. The third kappa shape index (κ3) is 5.94. The molecule has 2 aromatic carbocycles. The van der Waals surface area contributed by atoms with Crippen LogP contribution >= 0.6 is 11.6 Å². The highest BCUT2D eigenvalue weighted by Crippen LogP contribution is 2.38. The van der Waals surface area contributed by atoms with Crippen molar-refractivity contribution in [3.63, 3.8) is 0 Å². The predicted octanol–water partition coefficient (Wildman–Crippen LogP) is 6.33. The van der Waals surface area contributed by atoms with E-state index < -0.39 is 11.7 Å². The summed E-state index contributed by atoms with van der Waals surface area (Å²) in [5.41, 5.74) is 6.20. The third-order valence-electron chi connectivity index (χ3n) is 8.13. The van der Waals surface area contributed by atoms with Gasteiger partial charge in [-0.15, -0.1) is 0 Å². The fourth-order valence-corrected chi connectivity index (χ4v) is 6.39. The van der Waals surface area contributed by atoms with Crippen molar-refractivity contribution >= 4 is 35.3 Å². The number of rotatable bonds is 4. The Balaban J connectivity index is 1.44. The molecule has 2 fully saturated rings. The van der Waals surface area contributed by atoms with Crippen molar-refractivity contribution in [1.82, 2.24) is 25.1 Å². The predicted molar refractivity (Wildman–Crippen MR) is 159 cm³/mol. The Morgan fingerprint density at radius 2 is 1.69 bits per heavy atom. The van der Waals surface area contributed by atoms with E-state index in [1.165, 1.54) is 31.4 Å². The molecule has 42 heavy (non-hydrogen) atoms. The van der Waals surface area contributed by atoms with Crippen LogP contribution in [-0.2, 0) is 11.3 Å². The maximum Gasteiger partial charge on any atom is 0.410 e. The van der Waals surface area contributed by atoms with Gasteiger partial charge in [-0.1, -0.05) is 30.2 Å². The topological polar surface area (TPSA) is 79.7 Å². The lowest BCUT2D eigenvalue weighted by Gasteiger charge is -2.32. The Kier molecular flexibility index (Phi) is 7.57. The van der Waals surface area contributed by atoms with Crippen LogP contribution in [-0.4, -0.2) is 56.9 Å². The molecule has 2 amide bonds. The normalized spacial score (nSPS) is 21.4. The number of hydrazine groups is 1. The molecule has 10 heteroatoms. The molecule has 1 saturated carbocycles. The number of halogens is 2. The van der Waals surface area contributed by atoms with Gasteiger partial charge in [-0.05, 0) is 99.1 Å². The smallest absolute Gasteiger partial charge is 0.410 e. The number of ether oxygens (including phenoxy) is 1. The number of carbonyl (C=O) groups is 2. The van der Waals surface area contributed by atoms with E-state index in [1.54, 1.807) is 33.8 Å². The van der Waals surface area contributed by atoms with Crippen molar-refractivity contribution < 1.29 is 18.7 Å². The molecule has 3 aliphatic rings. The number of carbonyl (C=O) groups excluding carboxylic acids is 2. The van der Waals surface area contributed by atoms with Crippen LogP contribution in [0.2, 0.25) is 5.02 Å². The summed E-state index contributed by atoms with van der Waals surface area (Å²) in [6.45, 7) is 7.48. The number of nitrogens with zero attached hydrogens (tertiary/aromatic N) is 4. The monoisotopic (exact) mass is 591 g/mol. The average Bonchev–Trinajstić information content (AvgIpc) is 3.63. The molecule has 0 spiro atoms. The van der Waals surface area contributed by atoms with Crippen LogP contribution < -0.4 is 5.43 Å². The highest BCUT2D eigenvalue weighted by Gasteiger charge is 2.39. The lowest BCUT2D eigenvalue weighted by atomic mass is 9.97. The number of hydrogen-bond donors (Lipinski definition) is 1. The first-order valence-corrected chi connectivity index (χ1v) is 14.8. The summed E-state index contributed by atoms with van der Waals surface area (Å²) in [4.78, 5) is 28.8. The maximum atomic E-state index is 13.9. The van der Waals surface area contributed by atoms with E-state index in [2.05, 4.69) is 5.43 Å². The van der Waals surface area contributed by atoms with Gasteiger partial charge in [0, 0.05) is 23.7 Å². The second-order valence-electron chi connectivity index (χ2n) is 12.4. The van der Waals surface area contributed by atoms with E-state index in [-0.39, 0.29) is 30.5 Å². The van der Waals surface area contributed by atoms with E-state index >= 15 is 0 Å². The summed E-state index contributed by atoms with van der Waals surface area (Å²) in [6, 6.07) is 13.4. The minimum absolute atomic E-state index is 0.145. The minimum atomic E-state index is -0.695. The van der Waals surface area contributed by atoms with E-state index in [4.69, 9.17) is 21.4 Å². The van der Waals surface area contributed by atoms with Gasteiger partial charge in [-0.2, -0.15) is 5.10 Å². The largest absolute Gasteiger partial charge is 0.444 e. The van der Waals surface area contributed by atoms with Crippen LogP contribution in [0, 0.1) is 17.7 Å². The van der Waals surface area contributed by atoms with Crippen LogP contribution in [0.1, 0.15) is 67.3 Å². The molecule has 1 aromatic heterocycles. The fourth-order valence-electron chi connectivity index (χ4n) is 6.26. The van der Waals surface area contributed by atoms with Gasteiger partial charge in [0.1, 0.15) is 11.4 Å². The second-order valence-corrected chi connectivity index (χ2v) is 12.9. The van der Waals surface area contributed by atoms with E-state index in [0.29, 0.717) is 28.1 Å². The van der Waals surface area contributed by atoms with Gasteiger partial charge >= 0.3 is 6.09 Å². The molecule has 1 saturated heterocycles. The number of benzene rings is 2. The SMILES string of the molecule is CC(C)(C)OC(=O)N1CC(=Cc2ccc(F)cc2)c2c(c(C(=O)NN3CC4CCCC4C3)nn2-c2ccc(Cl)cc2)C1. The Bertz CT molecular complexity index is 1520. The zero-order chi connectivity index (χ0) is 29.6. The van der Waals surface area contributed by atoms with Crippen molar-refractivity contribution in [1.29, 1.82) is 0 Å². The molecule has 2 aliphatic heterocycles. The summed E-state index contributed by atoms with van der Waals surface area (Å²) in [7, 11) is 0. The number of amides is 2. The van der Waals surface area contributed by atoms with Gasteiger partial charge in [-0.3, -0.25) is 15.1 Å². The van der Waals surface area contributed by atoms with Gasteiger partial charge in [0.25, 0.3) is 5.91 Å². The van der Waals surface area contributed by atoms with Gasteiger partial charge in [0.05, 0.1) is 24.5 Å². The van der Waals surface area contributed by atoms with E-state index in [9.17, 15) is 14.0 Å². The number of fused-ring (bicyclic) bond motifs is 2. The van der Waals surface area contributed by atoms with E-state index in [0.717, 1.165) is 29.9 Å². The van der Waals surface area contributed by atoms with Crippen molar-refractivity contribution in [2.45, 2.75) is 52.2 Å². The Hall–Kier alpha value is -3.69. The summed E-state index contributed by atoms with van der Waals surface area (Å²) in [5.74, 6) is 0.566. The summed E-state index contributed by atoms with van der Waals surface area (Å²) in [5, 5.41) is 7.42. The highest BCUT2D eigenvalue weighted by molar-refractivity contribution is 6.30. The van der Waals surface area contributed by atoms with Gasteiger partial charge < -0.3 is 4.74 Å². The maximum absolute atomic E-state index is 13.9. The molecule has 3 aromatic rings. The molecular formula is C32H35ClFN5O3. The second kappa shape index (κ2) is 11.2. The molecule has 3 heterocycles. The number of hydrogen-bond acceptors (Lipinski definition) is 5. The lowest BCUT2D eigenvalue weighted by Crippen LogP contribution is -2.43. The van der Waals surface area contributed by atoms with Crippen LogP contribution in [0.5, 0.6) is 0 Å².